The van der Waals surface area contributed by atoms with Crippen LogP contribution < -0.4 is 0 Å². The van der Waals surface area contributed by atoms with E-state index < -0.39 is 24.3 Å². The van der Waals surface area contributed by atoms with Crippen LogP contribution in [0.2, 0.25) is 0 Å². The Labute approximate surface area is 192 Å². The van der Waals surface area contributed by atoms with Crippen LogP contribution in [0.5, 0.6) is 0 Å². The van der Waals surface area contributed by atoms with Crippen LogP contribution in [0.4, 0.5) is 0 Å². The zero-order valence-corrected chi connectivity index (χ0v) is 20.2. The van der Waals surface area contributed by atoms with Crippen LogP contribution in [0.3, 0.4) is 0 Å². The number of aliphatic hydroxyl groups is 4. The van der Waals surface area contributed by atoms with Crippen molar-refractivity contribution in [2.24, 2.45) is 52.3 Å². The van der Waals surface area contributed by atoms with Crippen LogP contribution in [-0.4, -0.2) is 55.9 Å². The van der Waals surface area contributed by atoms with Crippen molar-refractivity contribution in [2.45, 2.75) is 103 Å². The van der Waals surface area contributed by atoms with Crippen LogP contribution in [0, 0.1) is 52.3 Å². The van der Waals surface area contributed by atoms with Gasteiger partial charge < -0.3 is 25.5 Å². The maximum absolute atomic E-state index is 11.7. The molecular weight excluding hydrogens is 408 g/mol. The Morgan fingerprint density at radius 2 is 1.72 bits per heavy atom. The second kappa shape index (κ2) is 8.51. The van der Waals surface area contributed by atoms with Gasteiger partial charge >= 0.3 is 5.97 Å². The van der Waals surface area contributed by atoms with E-state index in [4.69, 9.17) is 0 Å². The monoisotopic (exact) mass is 452 g/mol. The third-order valence-corrected chi connectivity index (χ3v) is 11.1. The van der Waals surface area contributed by atoms with Gasteiger partial charge in [-0.25, -0.2) is 4.79 Å². The zero-order chi connectivity index (χ0) is 23.6. The Hall–Kier alpha value is -0.690. The topological polar surface area (TPSA) is 118 Å². The van der Waals surface area contributed by atoms with E-state index >= 15 is 0 Å². The molecule has 0 spiro atoms. The summed E-state index contributed by atoms with van der Waals surface area (Å²) >= 11 is 0. The van der Waals surface area contributed by atoms with Gasteiger partial charge in [0.2, 0.25) is 0 Å². The quantitative estimate of drug-likeness (QED) is 0.438. The maximum atomic E-state index is 11.7. The van der Waals surface area contributed by atoms with Gasteiger partial charge in [-0.05, 0) is 97.2 Å². The third-order valence-electron chi connectivity index (χ3n) is 11.1. The number of carboxylic acids is 1. The van der Waals surface area contributed by atoms with Crippen LogP contribution >= 0.6 is 0 Å². The molecule has 4 aliphatic carbocycles. The smallest absolute Gasteiger partial charge is 0.332 e. The predicted molar refractivity (Wildman–Crippen MR) is 121 cm³/mol. The summed E-state index contributed by atoms with van der Waals surface area (Å²) in [5.74, 6) is -0.0587. The van der Waals surface area contributed by atoms with Gasteiger partial charge in [0.25, 0.3) is 0 Å². The SMILES string of the molecule is CC[C@H]1C(O)C2C3CC[C@H]([C@H](C)C[C@H](O)C(=O)O)[C@@]3(C)[C@@H](O)CC2[C@@]2(C)CC[C@@H](O)C[C@@H]12. The largest absolute Gasteiger partial charge is 0.479 e. The Morgan fingerprint density at radius 1 is 1.03 bits per heavy atom. The Kier molecular flexibility index (Phi) is 6.50. The fourth-order valence-electron chi connectivity index (χ4n) is 9.51. The lowest BCUT2D eigenvalue weighted by molar-refractivity contribution is -0.228. The molecule has 4 aliphatic rings. The lowest BCUT2D eigenvalue weighted by Gasteiger charge is -2.65. The van der Waals surface area contributed by atoms with Crippen molar-refractivity contribution in [1.82, 2.24) is 0 Å². The maximum Gasteiger partial charge on any atom is 0.332 e. The first-order valence-electron chi connectivity index (χ1n) is 12.9. The van der Waals surface area contributed by atoms with E-state index in [0.717, 1.165) is 38.5 Å². The molecule has 0 aromatic heterocycles. The van der Waals surface area contributed by atoms with Crippen molar-refractivity contribution in [3.8, 4) is 0 Å². The second-order valence-electron chi connectivity index (χ2n) is 12.3. The molecule has 4 rings (SSSR count). The molecule has 32 heavy (non-hydrogen) atoms. The highest BCUT2D eigenvalue weighted by molar-refractivity contribution is 5.71. The molecule has 5 N–H and O–H groups in total. The number of aliphatic hydroxyl groups excluding tert-OH is 4. The van der Waals surface area contributed by atoms with Gasteiger partial charge in [-0.15, -0.1) is 0 Å². The molecule has 0 aromatic rings. The minimum atomic E-state index is -1.38. The molecule has 4 fully saturated rings. The van der Waals surface area contributed by atoms with Gasteiger partial charge in [0.1, 0.15) is 0 Å². The molecule has 0 radical (unpaired) electrons. The average Bonchev–Trinajstić information content (AvgIpc) is 3.09. The van der Waals surface area contributed by atoms with Crippen LogP contribution in [0.25, 0.3) is 0 Å². The molecule has 6 heteroatoms. The second-order valence-corrected chi connectivity index (χ2v) is 12.3. The molecule has 184 valence electrons. The fraction of sp³-hybridized carbons (Fsp3) is 0.962. The predicted octanol–water partition coefficient (Wildman–Crippen LogP) is 3.06. The Morgan fingerprint density at radius 3 is 2.34 bits per heavy atom. The zero-order valence-electron chi connectivity index (χ0n) is 20.2. The van der Waals surface area contributed by atoms with Crippen LogP contribution in [-0.2, 0) is 4.79 Å². The minimum absolute atomic E-state index is 0.0156. The van der Waals surface area contributed by atoms with Crippen molar-refractivity contribution in [2.75, 3.05) is 0 Å². The van der Waals surface area contributed by atoms with Crippen LogP contribution in [0.15, 0.2) is 0 Å². The summed E-state index contributed by atoms with van der Waals surface area (Å²) in [5, 5.41) is 52.9. The molecule has 0 aliphatic heterocycles. The average molecular weight is 453 g/mol. The summed E-state index contributed by atoms with van der Waals surface area (Å²) in [6.07, 6.45) is 3.50. The van der Waals surface area contributed by atoms with Gasteiger partial charge in [0.05, 0.1) is 18.3 Å². The molecule has 0 amide bonds. The Bertz CT molecular complexity index is 712. The first kappa shape index (κ1) is 24.4. The van der Waals surface area contributed by atoms with E-state index in [2.05, 4.69) is 20.8 Å². The number of hydrogen-bond acceptors (Lipinski definition) is 5. The number of carboxylic acid groups (broad SMARTS) is 1. The minimum Gasteiger partial charge on any atom is -0.479 e. The van der Waals surface area contributed by atoms with E-state index in [1.165, 1.54) is 0 Å². The highest BCUT2D eigenvalue weighted by Gasteiger charge is 2.67. The standard InChI is InChI=1S/C26H44O6/c1-5-15-18-11-14(27)8-9-25(18,3)19-12-21(29)26(4)16(13(2)10-20(28)24(31)32)6-7-17(26)22(19)23(15)30/h13-23,27-30H,5-12H2,1-4H3,(H,31,32)/t13-,14-,15-,16-,17?,18+,19?,20+,21+,22?,23?,25+,26-/m1/s1. The summed E-state index contributed by atoms with van der Waals surface area (Å²) in [6, 6.07) is 0. The summed E-state index contributed by atoms with van der Waals surface area (Å²) in [5.41, 5.74) is -0.356. The summed E-state index contributed by atoms with van der Waals surface area (Å²) in [4.78, 5) is 11.2. The molecule has 0 aromatic carbocycles. The van der Waals surface area contributed by atoms with Crippen molar-refractivity contribution in [1.29, 1.82) is 0 Å². The molecule has 4 unspecified atom stereocenters. The van der Waals surface area contributed by atoms with Gasteiger partial charge in [-0.3, -0.25) is 0 Å². The van der Waals surface area contributed by atoms with Gasteiger partial charge in [0, 0.05) is 0 Å². The lowest BCUT2D eigenvalue weighted by Crippen LogP contribution is -2.65. The molecule has 0 heterocycles. The van der Waals surface area contributed by atoms with Gasteiger partial charge in [-0.1, -0.05) is 34.1 Å². The molecular formula is C26H44O6. The van der Waals surface area contributed by atoms with Crippen molar-refractivity contribution >= 4 is 5.97 Å². The van der Waals surface area contributed by atoms with Gasteiger partial charge in [-0.2, -0.15) is 0 Å². The lowest BCUT2D eigenvalue weighted by atomic mass is 9.41. The first-order chi connectivity index (χ1) is 15.0. The number of hydrogen-bond donors (Lipinski definition) is 5. The Balaban J connectivity index is 1.66. The van der Waals surface area contributed by atoms with E-state index in [-0.39, 0.29) is 64.8 Å². The van der Waals surface area contributed by atoms with Crippen molar-refractivity contribution in [3.05, 3.63) is 0 Å². The third kappa shape index (κ3) is 3.47. The molecule has 4 saturated carbocycles. The summed E-state index contributed by atoms with van der Waals surface area (Å²) in [7, 11) is 0. The summed E-state index contributed by atoms with van der Waals surface area (Å²) in [6.45, 7) is 8.67. The normalized spacial score (nSPS) is 52.4. The van der Waals surface area contributed by atoms with E-state index in [0.29, 0.717) is 6.42 Å². The van der Waals surface area contributed by atoms with Crippen LogP contribution in [0.1, 0.15) is 79.1 Å². The molecule has 0 saturated heterocycles. The highest BCUT2D eigenvalue weighted by atomic mass is 16.4. The molecule has 0 bridgehead atoms. The molecule has 6 nitrogen and oxygen atoms in total. The van der Waals surface area contributed by atoms with Crippen molar-refractivity contribution < 1.29 is 30.3 Å². The number of rotatable bonds is 5. The summed E-state index contributed by atoms with van der Waals surface area (Å²) < 4.78 is 0. The van der Waals surface area contributed by atoms with E-state index in [1.807, 2.05) is 6.92 Å². The molecule has 13 atom stereocenters. The van der Waals surface area contributed by atoms with Gasteiger partial charge in [0.15, 0.2) is 6.10 Å². The number of aliphatic carboxylic acids is 1. The fourth-order valence-corrected chi connectivity index (χ4v) is 9.51. The number of carbonyl (C=O) groups is 1. The van der Waals surface area contributed by atoms with Crippen molar-refractivity contribution in [3.63, 3.8) is 0 Å². The highest BCUT2D eigenvalue weighted by Crippen LogP contribution is 2.69. The first-order valence-corrected chi connectivity index (χ1v) is 12.9. The number of fused-ring (bicyclic) bond motifs is 5. The van der Waals surface area contributed by atoms with E-state index in [1.54, 1.807) is 0 Å². The van der Waals surface area contributed by atoms with E-state index in [9.17, 15) is 30.3 Å².